The van der Waals surface area contributed by atoms with E-state index < -0.39 is 11.6 Å². The lowest BCUT2D eigenvalue weighted by Gasteiger charge is -2.24. The molecule has 3 heterocycles. The molecule has 28 heavy (non-hydrogen) atoms. The van der Waals surface area contributed by atoms with Crippen molar-refractivity contribution in [2.75, 3.05) is 25.6 Å². The van der Waals surface area contributed by atoms with Crippen molar-refractivity contribution < 1.29 is 9.53 Å². The topological polar surface area (TPSA) is 131 Å². The molecule has 1 unspecified atom stereocenters. The quantitative estimate of drug-likeness (QED) is 0.580. The first-order valence-electron chi connectivity index (χ1n) is 8.93. The van der Waals surface area contributed by atoms with E-state index in [1.165, 1.54) is 11.7 Å². The first kappa shape index (κ1) is 18.0. The van der Waals surface area contributed by atoms with Gasteiger partial charge in [0.2, 0.25) is 5.95 Å². The minimum absolute atomic E-state index is 0.0319. The van der Waals surface area contributed by atoms with Crippen LogP contribution in [0.25, 0.3) is 16.9 Å². The number of nitrogens with two attached hydrogens (primary N) is 1. The Bertz CT molecular complexity index is 1100. The van der Waals surface area contributed by atoms with Gasteiger partial charge in [-0.2, -0.15) is 4.98 Å². The fraction of sp³-hybridized carbons (Fsp3) is 0.333. The number of methoxy groups -OCH3 is 1. The molecular formula is C18H21N7O3. The average molecular weight is 383 g/mol. The molecule has 1 aliphatic heterocycles. The summed E-state index contributed by atoms with van der Waals surface area (Å²) in [5, 5.41) is 3.35. The maximum atomic E-state index is 12.7. The number of anilines is 1. The van der Waals surface area contributed by atoms with Crippen molar-refractivity contribution in [3.63, 3.8) is 0 Å². The van der Waals surface area contributed by atoms with E-state index in [2.05, 4.69) is 20.3 Å². The van der Waals surface area contributed by atoms with Crippen LogP contribution >= 0.6 is 0 Å². The standard InChI is InChI=1S/C18H21N7O3/c1-24(12-8-5-9-20-12)17-21-13(15(19)26)14-16(23-17)25(18(27)22-14)10-6-3-4-7-11(10)28-2/h3-4,6-7,12,20H,5,8-9H2,1-2H3,(H2,19,26)(H,22,27). The lowest BCUT2D eigenvalue weighted by atomic mass is 10.3. The smallest absolute Gasteiger partial charge is 0.332 e. The number of aromatic amines is 1. The molecule has 0 radical (unpaired) electrons. The number of imidazole rings is 1. The fourth-order valence-corrected chi connectivity index (χ4v) is 3.48. The molecule has 10 nitrogen and oxygen atoms in total. The Labute approximate surface area is 160 Å². The molecule has 0 aliphatic carbocycles. The van der Waals surface area contributed by atoms with Crippen LogP contribution in [0, 0.1) is 0 Å². The Morgan fingerprint density at radius 3 is 2.82 bits per heavy atom. The third-order valence-electron chi connectivity index (χ3n) is 4.90. The van der Waals surface area contributed by atoms with Crippen LogP contribution in [0.15, 0.2) is 29.1 Å². The van der Waals surface area contributed by atoms with Gasteiger partial charge in [-0.15, -0.1) is 0 Å². The number of carbonyl (C=O) groups is 1. The summed E-state index contributed by atoms with van der Waals surface area (Å²) < 4.78 is 6.74. The number of amides is 1. The molecule has 1 aromatic carbocycles. The first-order chi connectivity index (χ1) is 13.5. The van der Waals surface area contributed by atoms with Gasteiger partial charge in [-0.25, -0.2) is 14.3 Å². The van der Waals surface area contributed by atoms with E-state index in [-0.39, 0.29) is 23.0 Å². The Balaban J connectivity index is 1.98. The van der Waals surface area contributed by atoms with Crippen LogP contribution in [-0.2, 0) is 0 Å². The highest BCUT2D eigenvalue weighted by Gasteiger charge is 2.25. The number of benzene rings is 1. The van der Waals surface area contributed by atoms with E-state index in [0.717, 1.165) is 19.4 Å². The molecule has 1 aliphatic rings. The van der Waals surface area contributed by atoms with Crippen LogP contribution in [0.5, 0.6) is 5.75 Å². The first-order valence-corrected chi connectivity index (χ1v) is 8.93. The van der Waals surface area contributed by atoms with Crippen LogP contribution in [0.2, 0.25) is 0 Å². The molecular weight excluding hydrogens is 362 g/mol. The molecule has 2 aromatic heterocycles. The largest absolute Gasteiger partial charge is 0.495 e. The van der Waals surface area contributed by atoms with Crippen molar-refractivity contribution in [1.82, 2.24) is 24.8 Å². The Hall–Kier alpha value is -3.40. The number of carbonyl (C=O) groups excluding carboxylic acids is 1. The molecule has 3 aromatic rings. The van der Waals surface area contributed by atoms with E-state index in [1.54, 1.807) is 24.3 Å². The number of nitrogens with one attached hydrogen (secondary N) is 2. The van der Waals surface area contributed by atoms with E-state index in [4.69, 9.17) is 10.5 Å². The molecule has 0 bridgehead atoms. The monoisotopic (exact) mass is 383 g/mol. The number of H-pyrrole nitrogens is 1. The van der Waals surface area contributed by atoms with Gasteiger partial charge in [-0.05, 0) is 31.5 Å². The fourth-order valence-electron chi connectivity index (χ4n) is 3.48. The summed E-state index contributed by atoms with van der Waals surface area (Å²) in [5.74, 6) is 0.0651. The van der Waals surface area contributed by atoms with Crippen molar-refractivity contribution >= 4 is 23.0 Å². The summed E-state index contributed by atoms with van der Waals surface area (Å²) in [4.78, 5) is 38.2. The summed E-state index contributed by atoms with van der Waals surface area (Å²) in [6, 6.07) is 7.07. The number of ether oxygens (including phenoxy) is 1. The van der Waals surface area contributed by atoms with Crippen molar-refractivity contribution in [3.05, 3.63) is 40.4 Å². The predicted octanol–water partition coefficient (Wildman–Crippen LogP) is 0.362. The molecule has 1 fully saturated rings. The molecule has 0 saturated carbocycles. The van der Waals surface area contributed by atoms with E-state index in [1.807, 2.05) is 11.9 Å². The van der Waals surface area contributed by atoms with Gasteiger partial charge in [-0.1, -0.05) is 12.1 Å². The number of nitrogens with zero attached hydrogens (tertiary/aromatic N) is 4. The zero-order chi connectivity index (χ0) is 19.8. The van der Waals surface area contributed by atoms with Crippen molar-refractivity contribution in [1.29, 1.82) is 0 Å². The molecule has 1 saturated heterocycles. The maximum Gasteiger partial charge on any atom is 0.332 e. The van der Waals surface area contributed by atoms with Gasteiger partial charge in [0.05, 0.1) is 19.0 Å². The second-order valence-corrected chi connectivity index (χ2v) is 6.60. The number of hydrogen-bond acceptors (Lipinski definition) is 7. The van der Waals surface area contributed by atoms with Gasteiger partial charge in [0.1, 0.15) is 11.3 Å². The van der Waals surface area contributed by atoms with Crippen molar-refractivity contribution in [3.8, 4) is 11.4 Å². The molecule has 1 atom stereocenters. The van der Waals surface area contributed by atoms with Crippen LogP contribution in [0.4, 0.5) is 5.95 Å². The molecule has 4 rings (SSSR count). The summed E-state index contributed by atoms with van der Waals surface area (Å²) in [5.41, 5.74) is 6.00. The number of primary amides is 1. The van der Waals surface area contributed by atoms with E-state index >= 15 is 0 Å². The summed E-state index contributed by atoms with van der Waals surface area (Å²) in [6.45, 7) is 0.899. The lowest BCUT2D eigenvalue weighted by molar-refractivity contribution is 0.0997. The van der Waals surface area contributed by atoms with Gasteiger partial charge < -0.3 is 20.4 Å². The number of hydrogen-bond donors (Lipinski definition) is 3. The van der Waals surface area contributed by atoms with Crippen LogP contribution in [-0.4, -0.2) is 52.3 Å². The lowest BCUT2D eigenvalue weighted by Crippen LogP contribution is -2.40. The zero-order valence-electron chi connectivity index (χ0n) is 15.6. The van der Waals surface area contributed by atoms with Crippen LogP contribution in [0.1, 0.15) is 23.3 Å². The third kappa shape index (κ3) is 2.87. The number of rotatable bonds is 5. The van der Waals surface area contributed by atoms with Crippen molar-refractivity contribution in [2.24, 2.45) is 5.73 Å². The van der Waals surface area contributed by atoms with Gasteiger partial charge >= 0.3 is 5.69 Å². The van der Waals surface area contributed by atoms with Gasteiger partial charge in [0, 0.05) is 7.05 Å². The number of para-hydroxylation sites is 2. The minimum atomic E-state index is -0.741. The van der Waals surface area contributed by atoms with Gasteiger partial charge in [0.25, 0.3) is 5.91 Å². The summed E-state index contributed by atoms with van der Waals surface area (Å²) in [6.07, 6.45) is 2.01. The molecule has 146 valence electrons. The number of aromatic nitrogens is 4. The maximum absolute atomic E-state index is 12.7. The molecule has 0 spiro atoms. The molecule has 4 N–H and O–H groups in total. The van der Waals surface area contributed by atoms with E-state index in [0.29, 0.717) is 17.4 Å². The Morgan fingerprint density at radius 1 is 1.36 bits per heavy atom. The molecule has 10 heteroatoms. The van der Waals surface area contributed by atoms with Gasteiger partial charge in [-0.3, -0.25) is 10.1 Å². The Morgan fingerprint density at radius 2 is 2.14 bits per heavy atom. The van der Waals surface area contributed by atoms with E-state index in [9.17, 15) is 9.59 Å². The van der Waals surface area contributed by atoms with Crippen molar-refractivity contribution in [2.45, 2.75) is 19.0 Å². The molecule has 1 amide bonds. The van der Waals surface area contributed by atoms with Crippen LogP contribution in [0.3, 0.4) is 0 Å². The predicted molar refractivity (Wildman–Crippen MR) is 104 cm³/mol. The minimum Gasteiger partial charge on any atom is -0.495 e. The summed E-state index contributed by atoms with van der Waals surface area (Å²) in [7, 11) is 3.36. The SMILES string of the molecule is COc1ccccc1-n1c(=O)[nH]c2c(C(N)=O)nc(N(C)C3CCCN3)nc21. The van der Waals surface area contributed by atoms with Crippen LogP contribution < -0.4 is 26.4 Å². The second kappa shape index (κ2) is 6.97. The number of fused-ring (bicyclic) bond motifs is 1. The average Bonchev–Trinajstić information content (AvgIpc) is 3.33. The highest BCUT2D eigenvalue weighted by Crippen LogP contribution is 2.26. The third-order valence-corrected chi connectivity index (χ3v) is 4.90. The second-order valence-electron chi connectivity index (χ2n) is 6.60. The highest BCUT2D eigenvalue weighted by molar-refractivity contribution is 6.02. The highest BCUT2D eigenvalue weighted by atomic mass is 16.5. The Kier molecular flexibility index (Phi) is 4.47. The zero-order valence-corrected chi connectivity index (χ0v) is 15.6. The van der Waals surface area contributed by atoms with Gasteiger partial charge in [0.15, 0.2) is 11.3 Å². The normalized spacial score (nSPS) is 16.4. The summed E-state index contributed by atoms with van der Waals surface area (Å²) >= 11 is 0.